The Morgan fingerprint density at radius 3 is 1.72 bits per heavy atom. The van der Waals surface area contributed by atoms with E-state index in [9.17, 15) is 72.7 Å². The molecule has 3 atom stereocenters. The molecule has 0 heterocycles. The lowest BCUT2D eigenvalue weighted by Crippen LogP contribution is -2.62. The largest absolute Gasteiger partial charge is 0.471 e. The van der Waals surface area contributed by atoms with Crippen LogP contribution < -0.4 is 21.3 Å². The monoisotopic (exact) mass is 594 g/mol. The van der Waals surface area contributed by atoms with E-state index in [4.69, 9.17) is 0 Å². The Hall–Kier alpha value is -3.68. The molecule has 0 bridgehead atoms. The van der Waals surface area contributed by atoms with Crippen molar-refractivity contribution in [2.45, 2.75) is 50.0 Å². The molecule has 0 fully saturated rings. The Morgan fingerprint density at radius 2 is 1.31 bits per heavy atom. The Labute approximate surface area is 211 Å². The molecular weight excluding hydrogens is 574 g/mol. The van der Waals surface area contributed by atoms with Crippen molar-refractivity contribution in [3.63, 3.8) is 0 Å². The van der Waals surface area contributed by atoms with E-state index in [0.717, 1.165) is 17.7 Å². The summed E-state index contributed by atoms with van der Waals surface area (Å²) in [4.78, 5) is 69.9. The summed E-state index contributed by atoms with van der Waals surface area (Å²) in [6.07, 6.45) is -19.1. The first-order valence-electron chi connectivity index (χ1n) is 10.1. The van der Waals surface area contributed by atoms with E-state index in [2.05, 4.69) is 4.74 Å². The van der Waals surface area contributed by atoms with Crippen molar-refractivity contribution >= 4 is 35.4 Å². The molecule has 0 aliphatic carbocycles. The van der Waals surface area contributed by atoms with Gasteiger partial charge < -0.3 is 26.0 Å². The first kappa shape index (κ1) is 35.3. The van der Waals surface area contributed by atoms with E-state index in [1.165, 1.54) is 5.32 Å². The van der Waals surface area contributed by atoms with Crippen molar-refractivity contribution in [3.05, 3.63) is 0 Å². The highest BCUT2D eigenvalue weighted by atomic mass is 19.4. The van der Waals surface area contributed by atoms with Crippen LogP contribution in [0.1, 0.15) is 13.3 Å². The third kappa shape index (κ3) is 11.7. The van der Waals surface area contributed by atoms with Crippen molar-refractivity contribution < 1.29 is 77.4 Å². The van der Waals surface area contributed by atoms with E-state index in [0.29, 0.717) is 6.92 Å². The zero-order chi connectivity index (χ0) is 30.9. The highest BCUT2D eigenvalue weighted by Crippen LogP contribution is 2.41. The van der Waals surface area contributed by atoms with E-state index >= 15 is 0 Å². The highest BCUT2D eigenvalue weighted by molar-refractivity contribution is 5.96. The molecule has 0 radical (unpaired) electrons. The number of hydrogen-bond acceptors (Lipinski definition) is 7. The highest BCUT2D eigenvalue weighted by Gasteiger charge is 2.62. The molecule has 224 valence electrons. The Balaban J connectivity index is 5.92. The fourth-order valence-electron chi connectivity index (χ4n) is 2.60. The number of ether oxygens (including phenoxy) is 1. The topological polar surface area (TPSA) is 160 Å². The molecule has 0 saturated carbocycles. The third-order valence-corrected chi connectivity index (χ3v) is 4.49. The number of nitrogens with one attached hydrogen (secondary N) is 4. The average molecular weight is 594 g/mol. The molecule has 0 saturated heterocycles. The second-order valence-corrected chi connectivity index (χ2v) is 7.46. The van der Waals surface area contributed by atoms with E-state index in [1.807, 2.05) is 0 Å². The molecule has 0 aromatic heterocycles. The second kappa shape index (κ2) is 13.9. The predicted molar refractivity (Wildman–Crippen MR) is 104 cm³/mol. The van der Waals surface area contributed by atoms with Gasteiger partial charge in [0.05, 0.1) is 20.1 Å². The standard InChI is InChI=1S/C18H20F10N4O7/c1-6(13(36)31-7(8(33)4-19)3-10(35)39-2)30-14(37)11(12(16(20,21)22)17(23,24)25)32-9(34)5-29-15(38)18(26,27)28/h6-7,11-12H,3-5H2,1-2H3,(H,29,38)(H,30,37)(H,31,36)(H,32,34). The number of amides is 4. The number of ketones is 1. The van der Waals surface area contributed by atoms with Gasteiger partial charge >= 0.3 is 30.4 Å². The van der Waals surface area contributed by atoms with Gasteiger partial charge in [0.1, 0.15) is 24.8 Å². The van der Waals surface area contributed by atoms with Crippen molar-refractivity contribution in [3.8, 4) is 0 Å². The minimum Gasteiger partial charge on any atom is -0.469 e. The maximum atomic E-state index is 13.2. The van der Waals surface area contributed by atoms with Crippen molar-refractivity contribution in [2.24, 2.45) is 5.92 Å². The number of rotatable bonds is 12. The smallest absolute Gasteiger partial charge is 0.469 e. The Bertz CT molecular complexity index is 923. The molecule has 11 nitrogen and oxygen atoms in total. The average Bonchev–Trinajstić information content (AvgIpc) is 2.78. The van der Waals surface area contributed by atoms with E-state index in [-0.39, 0.29) is 0 Å². The molecule has 0 aliphatic heterocycles. The summed E-state index contributed by atoms with van der Waals surface area (Å²) in [5, 5.41) is 4.88. The summed E-state index contributed by atoms with van der Waals surface area (Å²) >= 11 is 0. The quantitative estimate of drug-likeness (QED) is 0.183. The maximum absolute atomic E-state index is 13.2. The maximum Gasteiger partial charge on any atom is 0.471 e. The molecule has 21 heteroatoms. The van der Waals surface area contributed by atoms with Gasteiger partial charge in [-0.3, -0.25) is 28.8 Å². The van der Waals surface area contributed by atoms with Crippen molar-refractivity contribution in [1.82, 2.24) is 21.3 Å². The van der Waals surface area contributed by atoms with Gasteiger partial charge in [0.2, 0.25) is 17.7 Å². The minimum absolute atomic E-state index is 0.668. The number of methoxy groups -OCH3 is 1. The van der Waals surface area contributed by atoms with Gasteiger partial charge in [-0.1, -0.05) is 0 Å². The molecule has 4 amide bonds. The molecule has 0 aromatic carbocycles. The van der Waals surface area contributed by atoms with E-state index < -0.39 is 97.6 Å². The molecule has 4 N–H and O–H groups in total. The van der Waals surface area contributed by atoms with Gasteiger partial charge in [-0.2, -0.15) is 39.5 Å². The Morgan fingerprint density at radius 1 is 0.795 bits per heavy atom. The SMILES string of the molecule is COC(=O)CC(NC(=O)C(C)NC(=O)C(NC(=O)CNC(=O)C(F)(F)F)C(C(F)(F)F)C(F)(F)F)C(=O)CF. The van der Waals surface area contributed by atoms with Gasteiger partial charge in [-0.05, 0) is 6.92 Å². The first-order chi connectivity index (χ1) is 17.6. The van der Waals surface area contributed by atoms with Crippen LogP contribution in [-0.4, -0.2) is 92.4 Å². The third-order valence-electron chi connectivity index (χ3n) is 4.49. The fourth-order valence-corrected chi connectivity index (χ4v) is 2.60. The lowest BCUT2D eigenvalue weighted by Gasteiger charge is -2.31. The van der Waals surface area contributed by atoms with Gasteiger partial charge in [0.15, 0.2) is 11.7 Å². The molecule has 0 aliphatic rings. The number of hydrogen-bond donors (Lipinski definition) is 4. The van der Waals surface area contributed by atoms with Gasteiger partial charge in [-0.15, -0.1) is 0 Å². The van der Waals surface area contributed by atoms with Crippen LogP contribution in [0.25, 0.3) is 0 Å². The van der Waals surface area contributed by atoms with Gasteiger partial charge in [-0.25, -0.2) is 4.39 Å². The molecule has 39 heavy (non-hydrogen) atoms. The second-order valence-electron chi connectivity index (χ2n) is 7.46. The first-order valence-corrected chi connectivity index (χ1v) is 10.1. The molecule has 0 aromatic rings. The zero-order valence-electron chi connectivity index (χ0n) is 19.6. The summed E-state index contributed by atoms with van der Waals surface area (Å²) in [5.41, 5.74) is 0. The summed E-state index contributed by atoms with van der Waals surface area (Å²) in [5.74, 6) is -15.9. The number of alkyl halides is 10. The van der Waals surface area contributed by atoms with Gasteiger partial charge in [0, 0.05) is 0 Å². The van der Waals surface area contributed by atoms with Crippen LogP contribution in [0.2, 0.25) is 0 Å². The zero-order valence-corrected chi connectivity index (χ0v) is 19.6. The molecule has 0 rings (SSSR count). The Kier molecular flexibility index (Phi) is 12.6. The molecule has 3 unspecified atom stereocenters. The lowest BCUT2D eigenvalue weighted by molar-refractivity contribution is -0.289. The normalized spacial score (nSPS) is 14.5. The summed E-state index contributed by atoms with van der Waals surface area (Å²) < 4.78 is 133. The van der Waals surface area contributed by atoms with Crippen LogP contribution in [0.5, 0.6) is 0 Å². The number of esters is 1. The minimum atomic E-state index is -6.28. The van der Waals surface area contributed by atoms with E-state index in [1.54, 1.807) is 5.32 Å². The van der Waals surface area contributed by atoms with Crippen molar-refractivity contribution in [1.29, 1.82) is 0 Å². The van der Waals surface area contributed by atoms with Crippen LogP contribution in [0.4, 0.5) is 43.9 Å². The number of Topliss-reactive ketones (excluding diaryl/α,β-unsaturated/α-hetero) is 1. The number of halogens is 10. The summed E-state index contributed by atoms with van der Waals surface area (Å²) in [6.45, 7) is -2.86. The fraction of sp³-hybridized carbons (Fsp3) is 0.667. The van der Waals surface area contributed by atoms with Crippen LogP contribution in [-0.2, 0) is 33.5 Å². The number of carbonyl (C=O) groups is 6. The van der Waals surface area contributed by atoms with Crippen LogP contribution >= 0.6 is 0 Å². The van der Waals surface area contributed by atoms with Crippen LogP contribution in [0, 0.1) is 5.92 Å². The van der Waals surface area contributed by atoms with Crippen LogP contribution in [0.3, 0.4) is 0 Å². The van der Waals surface area contributed by atoms with Gasteiger partial charge in [0.25, 0.3) is 0 Å². The summed E-state index contributed by atoms with van der Waals surface area (Å²) in [6, 6.07) is -7.63. The molecular formula is C18H20F10N4O7. The lowest BCUT2D eigenvalue weighted by atomic mass is 9.96. The summed E-state index contributed by atoms with van der Waals surface area (Å²) in [7, 11) is 0.852. The van der Waals surface area contributed by atoms with Crippen molar-refractivity contribution in [2.75, 3.05) is 20.3 Å². The molecule has 0 spiro atoms. The van der Waals surface area contributed by atoms with Crippen LogP contribution in [0.15, 0.2) is 0 Å². The predicted octanol–water partition coefficient (Wildman–Crippen LogP) is -0.0183. The number of carbonyl (C=O) groups excluding carboxylic acids is 6.